The largest absolute Gasteiger partial charge is 0.388 e. The maximum absolute atomic E-state index is 9.88. The quantitative estimate of drug-likeness (QED) is 0.642. The molecule has 1 heteroatoms. The Morgan fingerprint density at radius 3 is 2.92 bits per heavy atom. The van der Waals surface area contributed by atoms with Crippen molar-refractivity contribution in [3.05, 3.63) is 35.4 Å². The highest BCUT2D eigenvalue weighted by molar-refractivity contribution is 5.34. The maximum atomic E-state index is 9.88. The smallest absolute Gasteiger partial charge is 0.0833 e. The first-order valence-corrected chi connectivity index (χ1v) is 4.52. The second-order valence-electron chi connectivity index (χ2n) is 3.52. The molecule has 0 aliphatic heterocycles. The number of fused-ring (bicyclic) bond motifs is 1. The molecule has 2 rings (SSSR count). The van der Waals surface area contributed by atoms with E-state index in [1.807, 2.05) is 18.2 Å². The van der Waals surface area contributed by atoms with Crippen LogP contribution in [-0.4, -0.2) is 5.11 Å². The number of benzene rings is 1. The van der Waals surface area contributed by atoms with Gasteiger partial charge in [0.25, 0.3) is 0 Å². The van der Waals surface area contributed by atoms with Crippen LogP contribution in [0.2, 0.25) is 0 Å². The monoisotopic (exact) mass is 172 g/mol. The topological polar surface area (TPSA) is 20.2 Å². The Morgan fingerprint density at radius 2 is 2.23 bits per heavy atom. The van der Waals surface area contributed by atoms with Gasteiger partial charge in [0.05, 0.1) is 6.10 Å². The van der Waals surface area contributed by atoms with Gasteiger partial charge in [-0.25, -0.2) is 0 Å². The van der Waals surface area contributed by atoms with Crippen LogP contribution in [0, 0.1) is 18.3 Å². The SMILES string of the molecule is C#CC[C@@H]1Cc2ccccc2[C@H]1O. The minimum atomic E-state index is -0.354. The predicted molar refractivity (Wildman–Crippen MR) is 52.0 cm³/mol. The minimum Gasteiger partial charge on any atom is -0.388 e. The predicted octanol–water partition coefficient (Wildman–Crippen LogP) is 1.92. The third-order valence-electron chi connectivity index (χ3n) is 2.68. The number of aliphatic hydroxyl groups is 1. The van der Waals surface area contributed by atoms with Crippen molar-refractivity contribution in [2.75, 3.05) is 0 Å². The summed E-state index contributed by atoms with van der Waals surface area (Å²) in [5.74, 6) is 2.84. The maximum Gasteiger partial charge on any atom is 0.0833 e. The molecule has 66 valence electrons. The molecular weight excluding hydrogens is 160 g/mol. The molecule has 0 aromatic heterocycles. The van der Waals surface area contributed by atoms with Gasteiger partial charge in [-0.2, -0.15) is 0 Å². The molecule has 1 aromatic rings. The molecule has 1 nitrogen and oxygen atoms in total. The van der Waals surface area contributed by atoms with Crippen LogP contribution in [0.15, 0.2) is 24.3 Å². The van der Waals surface area contributed by atoms with Gasteiger partial charge in [-0.1, -0.05) is 24.3 Å². The van der Waals surface area contributed by atoms with Gasteiger partial charge in [0.15, 0.2) is 0 Å². The average Bonchev–Trinajstić information content (AvgIpc) is 2.46. The van der Waals surface area contributed by atoms with Gasteiger partial charge in [0.1, 0.15) is 0 Å². The zero-order chi connectivity index (χ0) is 9.26. The molecule has 0 bridgehead atoms. The Balaban J connectivity index is 2.28. The number of rotatable bonds is 1. The van der Waals surface area contributed by atoms with Crippen molar-refractivity contribution in [1.29, 1.82) is 0 Å². The molecule has 13 heavy (non-hydrogen) atoms. The average molecular weight is 172 g/mol. The lowest BCUT2D eigenvalue weighted by Crippen LogP contribution is -2.05. The summed E-state index contributed by atoms with van der Waals surface area (Å²) < 4.78 is 0. The summed E-state index contributed by atoms with van der Waals surface area (Å²) in [4.78, 5) is 0. The normalized spacial score (nSPS) is 25.2. The van der Waals surface area contributed by atoms with Gasteiger partial charge in [-0.15, -0.1) is 12.3 Å². The van der Waals surface area contributed by atoms with E-state index < -0.39 is 0 Å². The Morgan fingerprint density at radius 1 is 1.46 bits per heavy atom. The fourth-order valence-electron chi connectivity index (χ4n) is 1.99. The lowest BCUT2D eigenvalue weighted by Gasteiger charge is -2.10. The van der Waals surface area contributed by atoms with Crippen molar-refractivity contribution in [1.82, 2.24) is 0 Å². The molecule has 0 amide bonds. The molecule has 0 heterocycles. The van der Waals surface area contributed by atoms with Gasteiger partial charge in [-0.3, -0.25) is 0 Å². The van der Waals surface area contributed by atoms with Crippen molar-refractivity contribution in [2.45, 2.75) is 18.9 Å². The molecule has 1 N–H and O–H groups in total. The second-order valence-corrected chi connectivity index (χ2v) is 3.52. The Bertz CT molecular complexity index is 348. The highest BCUT2D eigenvalue weighted by Crippen LogP contribution is 2.37. The van der Waals surface area contributed by atoms with Gasteiger partial charge in [0, 0.05) is 12.3 Å². The van der Waals surface area contributed by atoms with Crippen LogP contribution in [0.3, 0.4) is 0 Å². The lowest BCUT2D eigenvalue weighted by molar-refractivity contribution is 0.126. The Labute approximate surface area is 78.4 Å². The number of aliphatic hydroxyl groups excluding tert-OH is 1. The third kappa shape index (κ3) is 1.34. The van der Waals surface area contributed by atoms with Gasteiger partial charge in [-0.05, 0) is 17.5 Å². The molecule has 0 spiro atoms. The van der Waals surface area contributed by atoms with E-state index in [9.17, 15) is 5.11 Å². The van der Waals surface area contributed by atoms with Crippen LogP contribution in [0.25, 0.3) is 0 Å². The Hall–Kier alpha value is -1.26. The molecular formula is C12H12O. The molecule has 1 aliphatic carbocycles. The summed E-state index contributed by atoms with van der Waals surface area (Å²) in [6, 6.07) is 8.01. The molecule has 0 fully saturated rings. The van der Waals surface area contributed by atoms with Gasteiger partial charge in [0.2, 0.25) is 0 Å². The summed E-state index contributed by atoms with van der Waals surface area (Å²) >= 11 is 0. The van der Waals surface area contributed by atoms with Crippen LogP contribution < -0.4 is 0 Å². The van der Waals surface area contributed by atoms with E-state index in [-0.39, 0.29) is 12.0 Å². The molecule has 0 saturated heterocycles. The van der Waals surface area contributed by atoms with Crippen molar-refractivity contribution in [3.8, 4) is 12.3 Å². The first-order chi connectivity index (χ1) is 6.33. The molecule has 0 radical (unpaired) electrons. The first kappa shape index (κ1) is 8.34. The second kappa shape index (κ2) is 3.24. The summed E-state index contributed by atoms with van der Waals surface area (Å²) in [7, 11) is 0. The minimum absolute atomic E-state index is 0.224. The van der Waals surface area contributed by atoms with E-state index in [4.69, 9.17) is 6.42 Å². The lowest BCUT2D eigenvalue weighted by atomic mass is 10.0. The Kier molecular flexibility index (Phi) is 2.08. The van der Waals surface area contributed by atoms with E-state index in [1.165, 1.54) is 5.56 Å². The van der Waals surface area contributed by atoms with Crippen molar-refractivity contribution >= 4 is 0 Å². The van der Waals surface area contributed by atoms with E-state index in [0.717, 1.165) is 12.0 Å². The summed E-state index contributed by atoms with van der Waals surface area (Å²) in [5.41, 5.74) is 2.30. The van der Waals surface area contributed by atoms with Crippen LogP contribution in [0.5, 0.6) is 0 Å². The van der Waals surface area contributed by atoms with E-state index >= 15 is 0 Å². The fourth-order valence-corrected chi connectivity index (χ4v) is 1.99. The van der Waals surface area contributed by atoms with Crippen LogP contribution in [0.4, 0.5) is 0 Å². The molecule has 1 aliphatic rings. The summed E-state index contributed by atoms with van der Waals surface area (Å²) in [6.45, 7) is 0. The van der Waals surface area contributed by atoms with E-state index in [1.54, 1.807) is 0 Å². The molecule has 2 atom stereocenters. The van der Waals surface area contributed by atoms with Crippen molar-refractivity contribution in [2.24, 2.45) is 5.92 Å². The van der Waals surface area contributed by atoms with Crippen LogP contribution in [-0.2, 0) is 6.42 Å². The fraction of sp³-hybridized carbons (Fsp3) is 0.333. The van der Waals surface area contributed by atoms with E-state index in [2.05, 4.69) is 12.0 Å². The zero-order valence-corrected chi connectivity index (χ0v) is 7.40. The number of terminal acetylenes is 1. The van der Waals surface area contributed by atoms with Crippen LogP contribution >= 0.6 is 0 Å². The van der Waals surface area contributed by atoms with E-state index in [0.29, 0.717) is 6.42 Å². The highest BCUT2D eigenvalue weighted by Gasteiger charge is 2.29. The van der Waals surface area contributed by atoms with Crippen molar-refractivity contribution in [3.63, 3.8) is 0 Å². The first-order valence-electron chi connectivity index (χ1n) is 4.52. The summed E-state index contributed by atoms with van der Waals surface area (Å²) in [5, 5.41) is 9.88. The highest BCUT2D eigenvalue weighted by atomic mass is 16.3. The third-order valence-corrected chi connectivity index (χ3v) is 2.68. The number of hydrogen-bond donors (Lipinski definition) is 1. The number of hydrogen-bond acceptors (Lipinski definition) is 1. The van der Waals surface area contributed by atoms with Gasteiger partial charge >= 0.3 is 0 Å². The molecule has 0 saturated carbocycles. The summed E-state index contributed by atoms with van der Waals surface area (Å²) in [6.07, 6.45) is 6.47. The molecule has 0 unspecified atom stereocenters. The van der Waals surface area contributed by atoms with Gasteiger partial charge < -0.3 is 5.11 Å². The molecule has 1 aromatic carbocycles. The standard InChI is InChI=1S/C12H12O/c1-2-5-10-8-9-6-3-4-7-11(9)12(10)13/h1,3-4,6-7,10,12-13H,5,8H2/t10-,12+/m1/s1. The van der Waals surface area contributed by atoms with Crippen LogP contribution in [0.1, 0.15) is 23.7 Å². The van der Waals surface area contributed by atoms with Crippen molar-refractivity contribution < 1.29 is 5.11 Å². The zero-order valence-electron chi connectivity index (χ0n) is 7.40.